The maximum absolute atomic E-state index is 12.4. The number of para-hydroxylation sites is 1. The van der Waals surface area contributed by atoms with E-state index in [9.17, 15) is 9.59 Å². The molecule has 3 aromatic rings. The molecule has 0 saturated carbocycles. The van der Waals surface area contributed by atoms with E-state index in [1.165, 1.54) is 0 Å². The molecule has 33 heavy (non-hydrogen) atoms. The van der Waals surface area contributed by atoms with E-state index in [1.54, 1.807) is 23.1 Å². The van der Waals surface area contributed by atoms with Gasteiger partial charge in [0, 0.05) is 24.2 Å². The van der Waals surface area contributed by atoms with Crippen LogP contribution in [0, 0.1) is 0 Å². The fraction of sp³-hybridized carbons (Fsp3) is 0.292. The zero-order valence-electron chi connectivity index (χ0n) is 18.0. The van der Waals surface area contributed by atoms with Gasteiger partial charge in [-0.15, -0.1) is 0 Å². The number of aromatic nitrogens is 1. The van der Waals surface area contributed by atoms with Crippen molar-refractivity contribution in [3.05, 3.63) is 54.6 Å². The molecule has 1 saturated heterocycles. The highest BCUT2D eigenvalue weighted by Gasteiger charge is 2.32. The van der Waals surface area contributed by atoms with Crippen LogP contribution in [0.1, 0.15) is 6.42 Å². The lowest BCUT2D eigenvalue weighted by Crippen LogP contribution is -2.29. The number of hydrogen-bond donors (Lipinski definition) is 3. The second-order valence-electron chi connectivity index (χ2n) is 7.99. The summed E-state index contributed by atoms with van der Waals surface area (Å²) < 4.78 is 10.9. The summed E-state index contributed by atoms with van der Waals surface area (Å²) in [6.07, 6.45) is 0.135. The summed E-state index contributed by atoms with van der Waals surface area (Å²) in [7, 11) is 0. The van der Waals surface area contributed by atoms with E-state index in [-0.39, 0.29) is 24.7 Å². The molecule has 0 spiro atoms. The van der Waals surface area contributed by atoms with Crippen molar-refractivity contribution >= 4 is 40.1 Å². The molecule has 1 aromatic heterocycles. The van der Waals surface area contributed by atoms with Crippen molar-refractivity contribution in [1.29, 1.82) is 0 Å². The number of benzene rings is 2. The smallest absolute Gasteiger partial charge is 0.414 e. The third-order valence-electron chi connectivity index (χ3n) is 5.63. The Morgan fingerprint density at radius 3 is 2.91 bits per heavy atom. The molecule has 2 aromatic carbocycles. The Bertz CT molecular complexity index is 1180. The third kappa shape index (κ3) is 4.83. The van der Waals surface area contributed by atoms with Crippen molar-refractivity contribution in [3.8, 4) is 5.75 Å². The van der Waals surface area contributed by atoms with Crippen molar-refractivity contribution in [2.75, 3.05) is 48.3 Å². The molecule has 0 radical (unpaired) electrons. The van der Waals surface area contributed by atoms with E-state index in [0.29, 0.717) is 30.1 Å². The highest BCUT2D eigenvalue weighted by Crippen LogP contribution is 2.33. The molecule has 2 amide bonds. The summed E-state index contributed by atoms with van der Waals surface area (Å²) in [5, 5.41) is 10.6. The quantitative estimate of drug-likeness (QED) is 0.456. The average molecular weight is 447 g/mol. The van der Waals surface area contributed by atoms with Crippen LogP contribution in [0.5, 0.6) is 5.75 Å². The van der Waals surface area contributed by atoms with Crippen LogP contribution in [0.15, 0.2) is 54.6 Å². The number of pyridine rings is 1. The zero-order chi connectivity index (χ0) is 22.6. The first kappa shape index (κ1) is 21.0. The maximum atomic E-state index is 12.4. The van der Waals surface area contributed by atoms with Gasteiger partial charge in [-0.3, -0.25) is 9.69 Å². The summed E-state index contributed by atoms with van der Waals surface area (Å²) in [6, 6.07) is 17.4. The topological polar surface area (TPSA) is 105 Å². The van der Waals surface area contributed by atoms with Gasteiger partial charge in [-0.2, -0.15) is 0 Å². The molecule has 2 aliphatic heterocycles. The van der Waals surface area contributed by atoms with Crippen molar-refractivity contribution < 1.29 is 19.1 Å². The standard InChI is InChI=1S/C24H25N5O4/c30-23-15-32-21-7-6-17(13-20(21)28-23)29-14-18(33-24(29)31)9-10-25-11-12-26-22-8-5-16-3-1-2-4-19(16)27-22/h1-8,13,18,25H,9-12,14-15H2,(H,26,27)(H,28,30). The number of hydrogen-bond acceptors (Lipinski definition) is 7. The van der Waals surface area contributed by atoms with Crippen molar-refractivity contribution in [1.82, 2.24) is 10.3 Å². The number of nitrogens with one attached hydrogen (secondary N) is 3. The monoisotopic (exact) mass is 447 g/mol. The van der Waals surface area contributed by atoms with Crippen LogP contribution in [0.4, 0.5) is 22.0 Å². The van der Waals surface area contributed by atoms with Crippen LogP contribution in [0.3, 0.4) is 0 Å². The SMILES string of the molecule is O=C1COc2ccc(N3CC(CCNCCNc4ccc5ccccc5n4)OC3=O)cc2N1. The lowest BCUT2D eigenvalue weighted by atomic mass is 10.2. The Labute approximate surface area is 191 Å². The highest BCUT2D eigenvalue weighted by atomic mass is 16.6. The van der Waals surface area contributed by atoms with Gasteiger partial charge in [-0.1, -0.05) is 18.2 Å². The second kappa shape index (κ2) is 9.33. The second-order valence-corrected chi connectivity index (χ2v) is 7.99. The van der Waals surface area contributed by atoms with E-state index >= 15 is 0 Å². The molecular weight excluding hydrogens is 422 g/mol. The van der Waals surface area contributed by atoms with Gasteiger partial charge in [0.05, 0.1) is 17.7 Å². The lowest BCUT2D eigenvalue weighted by molar-refractivity contribution is -0.118. The van der Waals surface area contributed by atoms with Crippen molar-refractivity contribution in [2.24, 2.45) is 0 Å². The molecular formula is C24H25N5O4. The van der Waals surface area contributed by atoms with Gasteiger partial charge in [-0.25, -0.2) is 9.78 Å². The van der Waals surface area contributed by atoms with Crippen LogP contribution in [-0.2, 0) is 9.53 Å². The number of ether oxygens (including phenoxy) is 2. The van der Waals surface area contributed by atoms with E-state index < -0.39 is 0 Å². The van der Waals surface area contributed by atoms with Crippen LogP contribution in [-0.4, -0.2) is 55.9 Å². The van der Waals surface area contributed by atoms with Gasteiger partial charge >= 0.3 is 6.09 Å². The van der Waals surface area contributed by atoms with Gasteiger partial charge < -0.3 is 25.4 Å². The summed E-state index contributed by atoms with van der Waals surface area (Å²) in [5.74, 6) is 1.24. The number of carbonyl (C=O) groups is 2. The first-order chi connectivity index (χ1) is 16.2. The van der Waals surface area contributed by atoms with E-state index in [4.69, 9.17) is 9.47 Å². The number of rotatable bonds is 8. The maximum Gasteiger partial charge on any atom is 0.414 e. The zero-order valence-corrected chi connectivity index (χ0v) is 18.0. The number of anilines is 3. The van der Waals surface area contributed by atoms with Crippen LogP contribution >= 0.6 is 0 Å². The van der Waals surface area contributed by atoms with Crippen LogP contribution in [0.2, 0.25) is 0 Å². The molecule has 2 aliphatic rings. The van der Waals surface area contributed by atoms with Gasteiger partial charge in [0.1, 0.15) is 17.7 Å². The Morgan fingerprint density at radius 2 is 1.97 bits per heavy atom. The van der Waals surface area contributed by atoms with E-state index in [0.717, 1.165) is 36.4 Å². The Morgan fingerprint density at radius 1 is 1.06 bits per heavy atom. The number of amides is 2. The first-order valence-electron chi connectivity index (χ1n) is 11.0. The molecule has 3 heterocycles. The molecule has 1 atom stereocenters. The normalized spacial score (nSPS) is 17.3. The van der Waals surface area contributed by atoms with Gasteiger partial charge in [0.15, 0.2) is 6.61 Å². The summed E-state index contributed by atoms with van der Waals surface area (Å²) >= 11 is 0. The number of nitrogens with zero attached hydrogens (tertiary/aromatic N) is 2. The Hall–Kier alpha value is -3.85. The van der Waals surface area contributed by atoms with Crippen molar-refractivity contribution in [2.45, 2.75) is 12.5 Å². The summed E-state index contributed by atoms with van der Waals surface area (Å²) in [4.78, 5) is 30.1. The molecule has 9 nitrogen and oxygen atoms in total. The Kier molecular flexibility index (Phi) is 5.95. The molecule has 9 heteroatoms. The van der Waals surface area contributed by atoms with Gasteiger partial charge in [-0.05, 0) is 49.4 Å². The molecule has 1 fully saturated rings. The molecule has 1 unspecified atom stereocenters. The predicted molar refractivity (Wildman–Crippen MR) is 126 cm³/mol. The minimum absolute atomic E-state index is 0.00145. The van der Waals surface area contributed by atoms with Crippen LogP contribution < -0.4 is 25.6 Å². The molecule has 3 N–H and O–H groups in total. The lowest BCUT2D eigenvalue weighted by Gasteiger charge is -2.20. The third-order valence-corrected chi connectivity index (χ3v) is 5.63. The number of carbonyl (C=O) groups excluding carboxylic acids is 2. The first-order valence-corrected chi connectivity index (χ1v) is 11.0. The average Bonchev–Trinajstić information content (AvgIpc) is 3.21. The fourth-order valence-electron chi connectivity index (χ4n) is 3.95. The van der Waals surface area contributed by atoms with E-state index in [2.05, 4.69) is 27.0 Å². The van der Waals surface area contributed by atoms with Crippen LogP contribution in [0.25, 0.3) is 10.9 Å². The van der Waals surface area contributed by atoms with E-state index in [1.807, 2.05) is 30.3 Å². The molecule has 0 bridgehead atoms. The molecule has 170 valence electrons. The van der Waals surface area contributed by atoms with Crippen molar-refractivity contribution in [3.63, 3.8) is 0 Å². The minimum Gasteiger partial charge on any atom is -0.482 e. The largest absolute Gasteiger partial charge is 0.482 e. The molecule has 0 aliphatic carbocycles. The van der Waals surface area contributed by atoms with Gasteiger partial charge in [0.2, 0.25) is 0 Å². The van der Waals surface area contributed by atoms with Gasteiger partial charge in [0.25, 0.3) is 5.91 Å². The predicted octanol–water partition coefficient (Wildman–Crippen LogP) is 2.98. The summed E-state index contributed by atoms with van der Waals surface area (Å²) in [6.45, 7) is 2.70. The summed E-state index contributed by atoms with van der Waals surface area (Å²) in [5.41, 5.74) is 2.21. The fourth-order valence-corrected chi connectivity index (χ4v) is 3.95. The number of fused-ring (bicyclic) bond motifs is 2. The number of cyclic esters (lactones) is 1. The Balaban J connectivity index is 1.05. The highest BCUT2D eigenvalue weighted by molar-refractivity contribution is 5.97. The minimum atomic E-state index is -0.382. The molecule has 5 rings (SSSR count).